The van der Waals surface area contributed by atoms with E-state index in [1.807, 2.05) is 0 Å². The van der Waals surface area contributed by atoms with E-state index >= 15 is 0 Å². The molecule has 1 N–H and O–H groups in total. The minimum atomic E-state index is 0. The van der Waals surface area contributed by atoms with Gasteiger partial charge >= 0.3 is 0 Å². The largest absolute Gasteiger partial charge is 0.266 e. The molecule has 3 nitrogen and oxygen atoms in total. The van der Waals surface area contributed by atoms with Crippen molar-refractivity contribution in [2.45, 2.75) is 0 Å². The van der Waals surface area contributed by atoms with Gasteiger partial charge in [0.1, 0.15) is 0 Å². The Morgan fingerprint density at radius 1 is 1.50 bits per heavy atom. The molecular weight excluding hydrogens is 73.0 g/mol. The van der Waals surface area contributed by atoms with E-state index in [0.29, 0.717) is 0 Å². The fraction of sp³-hybridized carbons (Fsp3) is 0. The third kappa shape index (κ3) is 1.25. The maximum Gasteiger partial charge on any atom is 0.0690 e. The molecule has 4 heteroatoms. The average molecular weight is 76.0 g/mol. The van der Waals surface area contributed by atoms with Crippen LogP contribution in [0, 0.1) is 0 Å². The van der Waals surface area contributed by atoms with Crippen LogP contribution in [0.25, 0.3) is 0 Å². The smallest absolute Gasteiger partial charge is 0.0690 e. The van der Waals surface area contributed by atoms with Crippen LogP contribution in [0.5, 0.6) is 0 Å². The van der Waals surface area contributed by atoms with Gasteiger partial charge in [-0.05, 0) is 0 Å². The van der Waals surface area contributed by atoms with Crippen LogP contribution in [0.2, 0.25) is 0 Å². The number of rotatable bonds is 0. The average Bonchev–Trinajstić information content (AvgIpc) is 1.76. The minimum Gasteiger partial charge on any atom is -0.266 e. The quantitative estimate of drug-likeness (QED) is 0.420. The van der Waals surface area contributed by atoms with Crippen molar-refractivity contribution in [1.82, 2.24) is 15.4 Å². The van der Waals surface area contributed by atoms with Crippen LogP contribution in [-0.4, -0.2) is 34.3 Å². The van der Waals surface area contributed by atoms with E-state index < -0.39 is 0 Å². The summed E-state index contributed by atoms with van der Waals surface area (Å²) >= 11 is 0. The molecule has 0 unspecified atom stereocenters. The SMILES string of the molecule is [Li].c1c[nH]nn1. The summed E-state index contributed by atoms with van der Waals surface area (Å²) in [5.74, 6) is 0. The molecule has 1 radical (unpaired) electrons. The van der Waals surface area contributed by atoms with Gasteiger partial charge in [0, 0.05) is 25.1 Å². The van der Waals surface area contributed by atoms with Crippen LogP contribution in [0.3, 0.4) is 0 Å². The first-order valence-corrected chi connectivity index (χ1v) is 1.30. The number of nitrogens with zero attached hydrogens (tertiary/aromatic N) is 2. The Hall–Kier alpha value is -0.263. The third-order valence-electron chi connectivity index (χ3n) is 0.331. The van der Waals surface area contributed by atoms with Crippen LogP contribution in [0.1, 0.15) is 0 Å². The second kappa shape index (κ2) is 2.95. The summed E-state index contributed by atoms with van der Waals surface area (Å²) in [6.45, 7) is 0. The molecule has 0 aliphatic heterocycles. The van der Waals surface area contributed by atoms with E-state index in [1.165, 1.54) is 0 Å². The molecule has 1 rings (SSSR count). The summed E-state index contributed by atoms with van der Waals surface area (Å²) in [5.41, 5.74) is 0. The van der Waals surface area contributed by atoms with Crippen LogP contribution in [0.4, 0.5) is 0 Å². The molecule has 1 aromatic heterocycles. The molecule has 27 valence electrons. The summed E-state index contributed by atoms with van der Waals surface area (Å²) in [6.07, 6.45) is 3.24. The van der Waals surface area contributed by atoms with Crippen LogP contribution in [0.15, 0.2) is 12.4 Å². The van der Waals surface area contributed by atoms with Gasteiger partial charge in [0.15, 0.2) is 0 Å². The van der Waals surface area contributed by atoms with Gasteiger partial charge in [0.2, 0.25) is 0 Å². The first-order valence-electron chi connectivity index (χ1n) is 1.30. The second-order valence-corrected chi connectivity index (χ2v) is 0.660. The second-order valence-electron chi connectivity index (χ2n) is 0.660. The Morgan fingerprint density at radius 3 is 2.50 bits per heavy atom. The fourth-order valence-electron chi connectivity index (χ4n) is 0.167. The summed E-state index contributed by atoms with van der Waals surface area (Å²) < 4.78 is 0. The van der Waals surface area contributed by atoms with Crippen molar-refractivity contribution in [3.63, 3.8) is 0 Å². The molecule has 0 aliphatic rings. The monoisotopic (exact) mass is 76.0 g/mol. The van der Waals surface area contributed by atoms with Crippen LogP contribution < -0.4 is 0 Å². The Kier molecular flexibility index (Phi) is 2.82. The predicted octanol–water partition coefficient (Wildman–Crippen LogP) is -0.576. The topological polar surface area (TPSA) is 41.6 Å². The zero-order chi connectivity index (χ0) is 3.54. The van der Waals surface area contributed by atoms with Crippen molar-refractivity contribution in [2.24, 2.45) is 0 Å². The summed E-state index contributed by atoms with van der Waals surface area (Å²) in [4.78, 5) is 0. The molecule has 0 fully saturated rings. The molecule has 1 heterocycles. The van der Waals surface area contributed by atoms with Crippen LogP contribution in [-0.2, 0) is 0 Å². The molecule has 0 spiro atoms. The van der Waals surface area contributed by atoms with E-state index in [1.54, 1.807) is 12.4 Å². The molecule has 0 aromatic carbocycles. The van der Waals surface area contributed by atoms with Gasteiger partial charge in [-0.1, -0.05) is 5.21 Å². The number of hydrogen-bond donors (Lipinski definition) is 1. The Morgan fingerprint density at radius 2 is 2.33 bits per heavy atom. The van der Waals surface area contributed by atoms with Gasteiger partial charge in [-0.25, -0.2) is 0 Å². The number of hydrogen-bond acceptors (Lipinski definition) is 2. The maximum atomic E-state index is 3.42. The Bertz CT molecular complexity index is 65.3. The Balaban J connectivity index is 0.000000250. The van der Waals surface area contributed by atoms with Crippen LogP contribution >= 0.6 is 0 Å². The van der Waals surface area contributed by atoms with E-state index in [9.17, 15) is 0 Å². The molecule has 0 atom stereocenters. The van der Waals surface area contributed by atoms with Crippen molar-refractivity contribution in [1.29, 1.82) is 0 Å². The number of H-pyrrole nitrogens is 1. The molecule has 1 aromatic rings. The van der Waals surface area contributed by atoms with Crippen molar-refractivity contribution in [2.75, 3.05) is 0 Å². The molecule has 0 bridgehead atoms. The molecule has 0 saturated carbocycles. The van der Waals surface area contributed by atoms with Crippen molar-refractivity contribution in [3.05, 3.63) is 12.4 Å². The molecule has 0 saturated heterocycles. The van der Waals surface area contributed by atoms with Gasteiger partial charge in [0.25, 0.3) is 0 Å². The zero-order valence-corrected chi connectivity index (χ0v) is 3.55. The van der Waals surface area contributed by atoms with Gasteiger partial charge in [-0.3, -0.25) is 5.10 Å². The summed E-state index contributed by atoms with van der Waals surface area (Å²) in [7, 11) is 0. The fourth-order valence-corrected chi connectivity index (χ4v) is 0.167. The van der Waals surface area contributed by atoms with E-state index in [0.717, 1.165) is 0 Å². The first-order chi connectivity index (χ1) is 2.50. The third-order valence-corrected chi connectivity index (χ3v) is 0.331. The number of nitrogens with one attached hydrogen (secondary N) is 1. The summed E-state index contributed by atoms with van der Waals surface area (Å²) in [5, 5.41) is 9.26. The zero-order valence-electron chi connectivity index (χ0n) is 3.55. The van der Waals surface area contributed by atoms with E-state index in [4.69, 9.17) is 0 Å². The van der Waals surface area contributed by atoms with E-state index in [-0.39, 0.29) is 18.9 Å². The van der Waals surface area contributed by atoms with Crippen molar-refractivity contribution >= 4 is 18.9 Å². The predicted molar refractivity (Wildman–Crippen MR) is 22.1 cm³/mol. The standard InChI is InChI=1S/C2H3N3.Li/c1-2-4-5-3-1;/h1-2H,(H,3,4,5);. The number of aromatic amines is 1. The molecule has 6 heavy (non-hydrogen) atoms. The first kappa shape index (κ1) is 5.74. The Labute approximate surface area is 47.3 Å². The molecule has 0 aliphatic carbocycles. The summed E-state index contributed by atoms with van der Waals surface area (Å²) in [6, 6.07) is 0. The van der Waals surface area contributed by atoms with Gasteiger partial charge in [-0.2, -0.15) is 0 Å². The van der Waals surface area contributed by atoms with Crippen molar-refractivity contribution < 1.29 is 0 Å². The van der Waals surface area contributed by atoms with Gasteiger partial charge in [0.05, 0.1) is 6.20 Å². The van der Waals surface area contributed by atoms with Gasteiger partial charge < -0.3 is 0 Å². The van der Waals surface area contributed by atoms with Gasteiger partial charge in [-0.15, -0.1) is 5.10 Å². The minimum absolute atomic E-state index is 0. The maximum absolute atomic E-state index is 3.42. The molecule has 0 amide bonds. The normalized spacial score (nSPS) is 6.67. The van der Waals surface area contributed by atoms with Crippen molar-refractivity contribution in [3.8, 4) is 0 Å². The number of aromatic nitrogens is 3. The molecular formula is C2H3LiN3. The van der Waals surface area contributed by atoms with E-state index in [2.05, 4.69) is 15.4 Å².